The SMILES string of the molecule is Cc1cc[n+](Cc2nc3cc(Cl)ccc3c(=O)[nH]2)cc1.[Cl-]. The fraction of sp³-hybridized carbons (Fsp3) is 0.133. The van der Waals surface area contributed by atoms with Crippen molar-refractivity contribution in [1.29, 1.82) is 0 Å². The van der Waals surface area contributed by atoms with Gasteiger partial charge in [-0.15, -0.1) is 0 Å². The lowest BCUT2D eigenvalue weighted by molar-refractivity contribution is -0.689. The zero-order valence-corrected chi connectivity index (χ0v) is 12.8. The maximum Gasteiger partial charge on any atom is 0.258 e. The molecule has 0 fully saturated rings. The van der Waals surface area contributed by atoms with Gasteiger partial charge in [-0.3, -0.25) is 4.79 Å². The van der Waals surface area contributed by atoms with Gasteiger partial charge in [0.05, 0.1) is 10.9 Å². The van der Waals surface area contributed by atoms with E-state index < -0.39 is 0 Å². The zero-order chi connectivity index (χ0) is 14.1. The molecule has 3 rings (SSSR count). The highest BCUT2D eigenvalue weighted by Crippen LogP contribution is 2.14. The summed E-state index contributed by atoms with van der Waals surface area (Å²) >= 11 is 5.94. The number of rotatable bonds is 2. The van der Waals surface area contributed by atoms with Crippen LogP contribution in [-0.2, 0) is 6.54 Å². The van der Waals surface area contributed by atoms with E-state index in [-0.39, 0.29) is 18.0 Å². The maximum atomic E-state index is 12.0. The molecule has 1 N–H and O–H groups in total. The van der Waals surface area contributed by atoms with Crippen molar-refractivity contribution >= 4 is 22.5 Å². The molecule has 0 saturated heterocycles. The van der Waals surface area contributed by atoms with Crippen molar-refractivity contribution in [3.05, 3.63) is 69.5 Å². The topological polar surface area (TPSA) is 49.6 Å². The van der Waals surface area contributed by atoms with E-state index in [1.807, 2.05) is 36.0 Å². The molecule has 1 aromatic carbocycles. The van der Waals surface area contributed by atoms with E-state index in [0.717, 1.165) is 0 Å². The molecule has 0 aliphatic rings. The Labute approximate surface area is 132 Å². The van der Waals surface area contributed by atoms with E-state index in [1.165, 1.54) is 5.56 Å². The number of hydrogen-bond acceptors (Lipinski definition) is 2. The van der Waals surface area contributed by atoms with Crippen molar-refractivity contribution in [2.45, 2.75) is 13.5 Å². The molecule has 0 bridgehead atoms. The van der Waals surface area contributed by atoms with Crippen molar-refractivity contribution in [3.8, 4) is 0 Å². The highest BCUT2D eigenvalue weighted by molar-refractivity contribution is 6.31. The minimum atomic E-state index is -0.144. The molecule has 108 valence electrons. The van der Waals surface area contributed by atoms with Gasteiger partial charge in [0.1, 0.15) is 0 Å². The number of aromatic nitrogens is 3. The highest BCUT2D eigenvalue weighted by Gasteiger charge is 2.08. The second-order valence-electron chi connectivity index (χ2n) is 4.72. The van der Waals surface area contributed by atoms with Gasteiger partial charge in [0.2, 0.25) is 6.54 Å². The third-order valence-electron chi connectivity index (χ3n) is 3.11. The molecule has 0 aliphatic carbocycles. The van der Waals surface area contributed by atoms with Crippen LogP contribution in [0, 0.1) is 6.92 Å². The molecule has 2 aromatic heterocycles. The summed E-state index contributed by atoms with van der Waals surface area (Å²) in [5.41, 5.74) is 1.66. The van der Waals surface area contributed by atoms with Crippen LogP contribution in [0.4, 0.5) is 0 Å². The summed E-state index contributed by atoms with van der Waals surface area (Å²) in [6.07, 6.45) is 3.91. The summed E-state index contributed by atoms with van der Waals surface area (Å²) in [6.45, 7) is 2.54. The van der Waals surface area contributed by atoms with Gasteiger partial charge in [0.15, 0.2) is 18.2 Å². The number of pyridine rings is 1. The van der Waals surface area contributed by atoms with Crippen molar-refractivity contribution in [3.63, 3.8) is 0 Å². The Bertz CT molecular complexity index is 828. The Kier molecular flexibility index (Phi) is 4.60. The quantitative estimate of drug-likeness (QED) is 0.630. The van der Waals surface area contributed by atoms with Gasteiger partial charge in [0, 0.05) is 17.2 Å². The van der Waals surface area contributed by atoms with Crippen molar-refractivity contribution < 1.29 is 17.0 Å². The van der Waals surface area contributed by atoms with Crippen LogP contribution in [0.25, 0.3) is 10.9 Å². The smallest absolute Gasteiger partial charge is 0.258 e. The zero-order valence-electron chi connectivity index (χ0n) is 11.3. The Hall–Kier alpha value is -1.91. The molecule has 0 atom stereocenters. The number of benzene rings is 1. The fourth-order valence-corrected chi connectivity index (χ4v) is 2.21. The first-order chi connectivity index (χ1) is 9.61. The van der Waals surface area contributed by atoms with E-state index in [9.17, 15) is 4.79 Å². The van der Waals surface area contributed by atoms with Crippen LogP contribution in [-0.4, -0.2) is 9.97 Å². The summed E-state index contributed by atoms with van der Waals surface area (Å²) in [5, 5.41) is 1.12. The Morgan fingerprint density at radius 3 is 2.67 bits per heavy atom. The number of aryl methyl sites for hydroxylation is 1. The number of nitrogens with zero attached hydrogens (tertiary/aromatic N) is 2. The lowest BCUT2D eigenvalue weighted by atomic mass is 10.2. The highest BCUT2D eigenvalue weighted by atomic mass is 35.5. The van der Waals surface area contributed by atoms with Gasteiger partial charge in [-0.25, -0.2) is 4.98 Å². The van der Waals surface area contributed by atoms with Crippen LogP contribution >= 0.6 is 11.6 Å². The normalized spacial score (nSPS) is 10.4. The molecule has 0 amide bonds. The van der Waals surface area contributed by atoms with Crippen LogP contribution in [0.15, 0.2) is 47.5 Å². The molecule has 2 heterocycles. The first-order valence-electron chi connectivity index (χ1n) is 6.26. The average Bonchev–Trinajstić information content (AvgIpc) is 2.41. The van der Waals surface area contributed by atoms with Gasteiger partial charge >= 0.3 is 0 Å². The van der Waals surface area contributed by atoms with E-state index in [0.29, 0.717) is 28.3 Å². The van der Waals surface area contributed by atoms with Gasteiger partial charge in [-0.05, 0) is 30.7 Å². The molecule has 0 radical (unpaired) electrons. The first kappa shape index (κ1) is 15.5. The standard InChI is InChI=1S/C15H12ClN3O.ClH/c1-10-4-6-19(7-5-10)9-14-17-13-8-11(16)2-3-12(13)15(20)18-14;/h2-8H,9H2,1H3;1H. The van der Waals surface area contributed by atoms with Gasteiger partial charge < -0.3 is 17.4 Å². The molecular weight excluding hydrogens is 309 g/mol. The lowest BCUT2D eigenvalue weighted by Gasteiger charge is -2.01. The second-order valence-corrected chi connectivity index (χ2v) is 5.16. The average molecular weight is 322 g/mol. The first-order valence-corrected chi connectivity index (χ1v) is 6.64. The number of halogens is 2. The van der Waals surface area contributed by atoms with Crippen LogP contribution in [0.5, 0.6) is 0 Å². The molecule has 0 aliphatic heterocycles. The number of H-pyrrole nitrogens is 1. The Morgan fingerprint density at radius 1 is 1.24 bits per heavy atom. The minimum absolute atomic E-state index is 0. The predicted molar refractivity (Wildman–Crippen MR) is 77.8 cm³/mol. The van der Waals surface area contributed by atoms with Crippen LogP contribution in [0.2, 0.25) is 5.02 Å². The van der Waals surface area contributed by atoms with Gasteiger partial charge in [-0.1, -0.05) is 11.6 Å². The largest absolute Gasteiger partial charge is 1.00 e. The molecule has 4 nitrogen and oxygen atoms in total. The Balaban J connectivity index is 0.00000161. The summed E-state index contributed by atoms with van der Waals surface area (Å²) in [5.74, 6) is 0.610. The molecule has 0 saturated carbocycles. The van der Waals surface area contributed by atoms with E-state index in [4.69, 9.17) is 11.6 Å². The molecule has 0 unspecified atom stereocenters. The van der Waals surface area contributed by atoms with Crippen molar-refractivity contribution in [1.82, 2.24) is 9.97 Å². The summed E-state index contributed by atoms with van der Waals surface area (Å²) in [6, 6.07) is 9.10. The number of nitrogens with one attached hydrogen (secondary N) is 1. The van der Waals surface area contributed by atoms with E-state index >= 15 is 0 Å². The maximum absolute atomic E-state index is 12.0. The predicted octanol–water partition coefficient (Wildman–Crippen LogP) is -0.775. The minimum Gasteiger partial charge on any atom is -1.00 e. The van der Waals surface area contributed by atoms with Crippen molar-refractivity contribution in [2.75, 3.05) is 0 Å². The fourth-order valence-electron chi connectivity index (χ4n) is 2.05. The third kappa shape index (κ3) is 3.40. The number of aromatic amines is 1. The summed E-state index contributed by atoms with van der Waals surface area (Å²) < 4.78 is 1.96. The van der Waals surface area contributed by atoms with Gasteiger partial charge in [0.25, 0.3) is 5.56 Å². The monoisotopic (exact) mass is 321 g/mol. The number of hydrogen-bond donors (Lipinski definition) is 1. The third-order valence-corrected chi connectivity index (χ3v) is 3.34. The number of fused-ring (bicyclic) bond motifs is 1. The van der Waals surface area contributed by atoms with Crippen LogP contribution < -0.4 is 22.5 Å². The second kappa shape index (κ2) is 6.24. The summed E-state index contributed by atoms with van der Waals surface area (Å²) in [7, 11) is 0. The Morgan fingerprint density at radius 2 is 1.95 bits per heavy atom. The van der Waals surface area contributed by atoms with Crippen LogP contribution in [0.3, 0.4) is 0 Å². The van der Waals surface area contributed by atoms with E-state index in [2.05, 4.69) is 9.97 Å². The molecule has 6 heteroatoms. The summed E-state index contributed by atoms with van der Waals surface area (Å²) in [4.78, 5) is 19.3. The van der Waals surface area contributed by atoms with Crippen molar-refractivity contribution in [2.24, 2.45) is 0 Å². The molecular formula is C15H13Cl2N3O. The van der Waals surface area contributed by atoms with Crippen LogP contribution in [0.1, 0.15) is 11.4 Å². The van der Waals surface area contributed by atoms with E-state index in [1.54, 1.807) is 18.2 Å². The molecule has 0 spiro atoms. The molecule has 21 heavy (non-hydrogen) atoms. The van der Waals surface area contributed by atoms with Gasteiger partial charge in [-0.2, -0.15) is 4.57 Å². The lowest BCUT2D eigenvalue weighted by Crippen LogP contribution is -3.00. The molecule has 3 aromatic rings.